The molecule has 2 aromatic rings. The number of benzene rings is 1. The summed E-state index contributed by atoms with van der Waals surface area (Å²) in [5, 5.41) is 15.4. The van der Waals surface area contributed by atoms with Crippen LogP contribution in [0.5, 0.6) is 5.75 Å². The first-order valence-corrected chi connectivity index (χ1v) is 6.42. The number of rotatable bonds is 3. The number of nitrogens with zero attached hydrogens (tertiary/aromatic N) is 2. The molecule has 0 saturated carbocycles. The molecule has 0 bridgehead atoms. The Morgan fingerprint density at radius 3 is 2.58 bits per heavy atom. The maximum Gasteiger partial charge on any atom is 0.137 e. The molecule has 0 aliphatic heterocycles. The molecule has 19 heavy (non-hydrogen) atoms. The van der Waals surface area contributed by atoms with Crippen molar-refractivity contribution < 1.29 is 9.84 Å². The quantitative estimate of drug-likeness (QED) is 0.947. The standard InChI is InChI=1S/C13H14Cl2N2O2/c1-7-10(13(15)17(2)16-7)12(18)8-5-4-6-9(19-3)11(8)14/h4-6,12,18H,1-3H3/t12-/m1/s1. The predicted octanol–water partition coefficient (Wildman–Crippen LogP) is 3.13. The van der Waals surface area contributed by atoms with Crippen molar-refractivity contribution in [3.8, 4) is 5.75 Å². The average molecular weight is 301 g/mol. The van der Waals surface area contributed by atoms with Crippen LogP contribution in [0.25, 0.3) is 0 Å². The third-order valence-electron chi connectivity index (χ3n) is 2.98. The van der Waals surface area contributed by atoms with Gasteiger partial charge in [0.2, 0.25) is 0 Å². The smallest absolute Gasteiger partial charge is 0.137 e. The molecule has 1 N–H and O–H groups in total. The molecule has 0 spiro atoms. The lowest BCUT2D eigenvalue weighted by molar-refractivity contribution is 0.219. The van der Waals surface area contributed by atoms with Crippen LogP contribution in [-0.2, 0) is 7.05 Å². The number of aliphatic hydroxyl groups is 1. The minimum absolute atomic E-state index is 0.372. The number of aryl methyl sites for hydroxylation is 2. The van der Waals surface area contributed by atoms with Gasteiger partial charge in [0.15, 0.2) is 0 Å². The van der Waals surface area contributed by atoms with Crippen molar-refractivity contribution >= 4 is 23.2 Å². The molecule has 2 rings (SSSR count). The Bertz CT molecular complexity index is 611. The summed E-state index contributed by atoms with van der Waals surface area (Å²) in [4.78, 5) is 0. The Morgan fingerprint density at radius 1 is 1.37 bits per heavy atom. The maximum absolute atomic E-state index is 10.5. The van der Waals surface area contributed by atoms with E-state index < -0.39 is 6.10 Å². The maximum atomic E-state index is 10.5. The highest BCUT2D eigenvalue weighted by Gasteiger charge is 2.23. The summed E-state index contributed by atoms with van der Waals surface area (Å²) in [5.74, 6) is 0.510. The predicted molar refractivity (Wildman–Crippen MR) is 75.0 cm³/mol. The van der Waals surface area contributed by atoms with Gasteiger partial charge in [0, 0.05) is 18.2 Å². The molecule has 0 fully saturated rings. The number of aliphatic hydroxyl groups excluding tert-OH is 1. The third-order valence-corrected chi connectivity index (χ3v) is 3.83. The number of halogens is 2. The highest BCUT2D eigenvalue weighted by molar-refractivity contribution is 6.33. The van der Waals surface area contributed by atoms with E-state index in [9.17, 15) is 5.11 Å². The monoisotopic (exact) mass is 300 g/mol. The molecule has 1 aromatic carbocycles. The zero-order chi connectivity index (χ0) is 14.2. The number of ether oxygens (including phenoxy) is 1. The minimum Gasteiger partial charge on any atom is -0.495 e. The largest absolute Gasteiger partial charge is 0.495 e. The Kier molecular flexibility index (Phi) is 4.04. The van der Waals surface area contributed by atoms with Gasteiger partial charge in [0.05, 0.1) is 17.8 Å². The lowest BCUT2D eigenvalue weighted by atomic mass is 10.0. The summed E-state index contributed by atoms with van der Waals surface area (Å²) in [6.07, 6.45) is -0.941. The Morgan fingerprint density at radius 2 is 2.05 bits per heavy atom. The van der Waals surface area contributed by atoms with E-state index in [1.165, 1.54) is 11.8 Å². The van der Waals surface area contributed by atoms with Gasteiger partial charge in [0.25, 0.3) is 0 Å². The second-order valence-corrected chi connectivity index (χ2v) is 4.92. The fourth-order valence-corrected chi connectivity index (χ4v) is 2.59. The highest BCUT2D eigenvalue weighted by atomic mass is 35.5. The summed E-state index contributed by atoms with van der Waals surface area (Å²) in [6, 6.07) is 5.23. The summed E-state index contributed by atoms with van der Waals surface area (Å²) in [7, 11) is 3.25. The molecule has 0 unspecified atom stereocenters. The zero-order valence-corrected chi connectivity index (χ0v) is 12.3. The van der Waals surface area contributed by atoms with Gasteiger partial charge >= 0.3 is 0 Å². The first kappa shape index (κ1) is 14.2. The van der Waals surface area contributed by atoms with Crippen LogP contribution in [-0.4, -0.2) is 22.0 Å². The van der Waals surface area contributed by atoms with Gasteiger partial charge < -0.3 is 9.84 Å². The molecule has 1 aromatic heterocycles. The van der Waals surface area contributed by atoms with Crippen LogP contribution in [0.1, 0.15) is 22.9 Å². The van der Waals surface area contributed by atoms with Crippen molar-refractivity contribution in [2.75, 3.05) is 7.11 Å². The summed E-state index contributed by atoms with van der Waals surface area (Å²) in [6.45, 7) is 1.79. The van der Waals surface area contributed by atoms with Crippen LogP contribution in [0.3, 0.4) is 0 Å². The van der Waals surface area contributed by atoms with Gasteiger partial charge in [-0.1, -0.05) is 35.3 Å². The van der Waals surface area contributed by atoms with E-state index in [1.54, 1.807) is 32.2 Å². The minimum atomic E-state index is -0.941. The Hall–Kier alpha value is -1.23. The Balaban J connectivity index is 2.53. The van der Waals surface area contributed by atoms with Crippen molar-refractivity contribution in [1.82, 2.24) is 9.78 Å². The first-order valence-electron chi connectivity index (χ1n) is 5.66. The van der Waals surface area contributed by atoms with Gasteiger partial charge in [-0.25, -0.2) is 0 Å². The third kappa shape index (κ3) is 2.43. The van der Waals surface area contributed by atoms with Crippen LogP contribution in [0, 0.1) is 6.92 Å². The second kappa shape index (κ2) is 5.41. The first-order chi connectivity index (χ1) is 8.97. The van der Waals surface area contributed by atoms with Crippen LogP contribution in [0.2, 0.25) is 10.2 Å². The topological polar surface area (TPSA) is 47.3 Å². The van der Waals surface area contributed by atoms with Gasteiger partial charge in [0.1, 0.15) is 17.0 Å². The van der Waals surface area contributed by atoms with Crippen molar-refractivity contribution in [3.63, 3.8) is 0 Å². The molecule has 0 saturated heterocycles. The van der Waals surface area contributed by atoms with Gasteiger partial charge in [-0.2, -0.15) is 5.10 Å². The van der Waals surface area contributed by atoms with E-state index in [4.69, 9.17) is 27.9 Å². The van der Waals surface area contributed by atoms with Crippen molar-refractivity contribution in [2.24, 2.45) is 7.05 Å². The van der Waals surface area contributed by atoms with E-state index >= 15 is 0 Å². The molecule has 1 heterocycles. The number of hydrogen-bond acceptors (Lipinski definition) is 3. The molecule has 0 radical (unpaired) electrons. The molecule has 4 nitrogen and oxygen atoms in total. The summed E-state index contributed by atoms with van der Waals surface area (Å²) >= 11 is 12.4. The van der Waals surface area contributed by atoms with E-state index in [1.807, 2.05) is 0 Å². The lowest BCUT2D eigenvalue weighted by Crippen LogP contribution is -2.03. The van der Waals surface area contributed by atoms with E-state index in [-0.39, 0.29) is 0 Å². The van der Waals surface area contributed by atoms with E-state index in [0.717, 1.165) is 0 Å². The fraction of sp³-hybridized carbons (Fsp3) is 0.308. The van der Waals surface area contributed by atoms with Crippen molar-refractivity contribution in [1.29, 1.82) is 0 Å². The van der Waals surface area contributed by atoms with Crippen molar-refractivity contribution in [2.45, 2.75) is 13.0 Å². The molecular weight excluding hydrogens is 287 g/mol. The number of hydrogen-bond donors (Lipinski definition) is 1. The summed E-state index contributed by atoms with van der Waals surface area (Å²) < 4.78 is 6.66. The highest BCUT2D eigenvalue weighted by Crippen LogP contribution is 2.37. The number of aromatic nitrogens is 2. The molecule has 0 amide bonds. The van der Waals surface area contributed by atoms with Crippen LogP contribution in [0.15, 0.2) is 18.2 Å². The fourth-order valence-electron chi connectivity index (χ4n) is 2.01. The average Bonchev–Trinajstić information content (AvgIpc) is 2.63. The van der Waals surface area contributed by atoms with Crippen LogP contribution < -0.4 is 4.74 Å². The molecule has 1 atom stereocenters. The van der Waals surface area contributed by atoms with Crippen molar-refractivity contribution in [3.05, 3.63) is 45.2 Å². The van der Waals surface area contributed by atoms with E-state index in [0.29, 0.717) is 32.7 Å². The molecule has 102 valence electrons. The summed E-state index contributed by atoms with van der Waals surface area (Å²) in [5.41, 5.74) is 1.76. The second-order valence-electron chi connectivity index (χ2n) is 4.18. The normalized spacial score (nSPS) is 12.5. The number of methoxy groups -OCH3 is 1. The Labute approximate surface area is 121 Å². The van der Waals surface area contributed by atoms with E-state index in [2.05, 4.69) is 5.10 Å². The van der Waals surface area contributed by atoms with Gasteiger partial charge in [-0.15, -0.1) is 0 Å². The SMILES string of the molecule is COc1cccc([C@@H](O)c2c(C)nn(C)c2Cl)c1Cl. The van der Waals surface area contributed by atoms with Crippen LogP contribution in [0.4, 0.5) is 0 Å². The lowest BCUT2D eigenvalue weighted by Gasteiger charge is -2.14. The molecule has 6 heteroatoms. The van der Waals surface area contributed by atoms with Crippen LogP contribution >= 0.6 is 23.2 Å². The molecule has 0 aliphatic rings. The zero-order valence-electron chi connectivity index (χ0n) is 10.8. The molecule has 0 aliphatic carbocycles. The van der Waals surface area contributed by atoms with Gasteiger partial charge in [-0.05, 0) is 13.0 Å². The molecular formula is C13H14Cl2N2O2. The van der Waals surface area contributed by atoms with Gasteiger partial charge in [-0.3, -0.25) is 4.68 Å².